The van der Waals surface area contributed by atoms with Crippen molar-refractivity contribution < 1.29 is 9.00 Å². The Morgan fingerprint density at radius 1 is 1.02 bits per heavy atom. The maximum absolute atomic E-state index is 14.5. The van der Waals surface area contributed by atoms with Gasteiger partial charge in [-0.15, -0.1) is 0 Å². The second-order valence-corrected chi connectivity index (χ2v) is 21.5. The van der Waals surface area contributed by atoms with E-state index in [0.717, 1.165) is 52.5 Å². The summed E-state index contributed by atoms with van der Waals surface area (Å²) >= 11 is 0. The smallest absolute Gasteiger partial charge is 0.234 e. The summed E-state index contributed by atoms with van der Waals surface area (Å²) in [7, 11) is -4.98. The molecule has 2 aromatic carbocycles. The van der Waals surface area contributed by atoms with Crippen LogP contribution in [0.4, 0.5) is 17.2 Å². The summed E-state index contributed by atoms with van der Waals surface area (Å²) < 4.78 is 23.0. The van der Waals surface area contributed by atoms with E-state index in [-0.39, 0.29) is 17.0 Å². The van der Waals surface area contributed by atoms with Gasteiger partial charge in [-0.1, -0.05) is 39.2 Å². The average molecular weight is 651 g/mol. The molecule has 6 rings (SSSR count). The monoisotopic (exact) mass is 650 g/mol. The van der Waals surface area contributed by atoms with Crippen LogP contribution >= 0.6 is 0 Å². The number of rotatable bonds is 6. The maximum atomic E-state index is 14.5. The third kappa shape index (κ3) is 6.19. The Hall–Kier alpha value is -4.04. The van der Waals surface area contributed by atoms with Crippen LogP contribution in [0.2, 0.25) is 18.1 Å². The predicted octanol–water partition coefficient (Wildman–Crippen LogP) is 7.89. The number of carbonyl (C=O) groups is 1. The van der Waals surface area contributed by atoms with E-state index in [1.54, 1.807) is 12.4 Å². The first-order valence-electron chi connectivity index (χ1n) is 15.8. The van der Waals surface area contributed by atoms with Gasteiger partial charge in [0.05, 0.1) is 10.3 Å². The molecule has 8 nitrogen and oxygen atoms in total. The lowest BCUT2D eigenvalue weighted by atomic mass is 9.86. The Kier molecular flexibility index (Phi) is 8.08. The summed E-state index contributed by atoms with van der Waals surface area (Å²) in [5.74, 6) is 7.08. The highest BCUT2D eigenvalue weighted by Gasteiger charge is 2.39. The predicted molar refractivity (Wildman–Crippen MR) is 190 cm³/mol. The molecule has 0 radical (unpaired) electrons. The van der Waals surface area contributed by atoms with Gasteiger partial charge < -0.3 is 10.6 Å². The van der Waals surface area contributed by atoms with E-state index >= 15 is 0 Å². The number of carbonyl (C=O) groups excluding carboxylic acids is 1. The highest BCUT2D eigenvalue weighted by molar-refractivity contribution is 7.92. The minimum atomic E-state index is -2.78. The van der Waals surface area contributed by atoms with Gasteiger partial charge >= 0.3 is 0 Å². The van der Waals surface area contributed by atoms with Crippen LogP contribution in [0.15, 0.2) is 75.9 Å². The molecular weight excluding hydrogens is 609 g/mol. The van der Waals surface area contributed by atoms with Crippen LogP contribution in [-0.2, 0) is 20.1 Å². The number of anilines is 3. The third-order valence-corrected chi connectivity index (χ3v) is 17.6. The fourth-order valence-corrected chi connectivity index (χ4v) is 10.9. The molecule has 3 heterocycles. The molecule has 1 fully saturated rings. The normalized spacial score (nSPS) is 17.2. The lowest BCUT2D eigenvalue weighted by Gasteiger charge is -2.35. The molecule has 2 aliphatic rings. The lowest BCUT2D eigenvalue weighted by Crippen LogP contribution is -2.43. The SMILES string of the molecule is CC1(C)C(=O)Nc2cc(C#Cc3nccc4cnc(Nc5ccc(S(=O)(=N[Si](C)(C)C(C)(C)C)NC6CCC6)cc5)cc34)ccc21. The molecule has 238 valence electrons. The van der Waals surface area contributed by atoms with Crippen LogP contribution in [0, 0.1) is 11.8 Å². The van der Waals surface area contributed by atoms with Crippen molar-refractivity contribution in [2.45, 2.75) is 88.4 Å². The highest BCUT2D eigenvalue weighted by Crippen LogP contribution is 2.39. The number of benzene rings is 2. The number of fused-ring (bicyclic) bond motifs is 2. The van der Waals surface area contributed by atoms with Gasteiger partial charge in [0.1, 0.15) is 21.4 Å². The molecule has 2 aromatic heterocycles. The van der Waals surface area contributed by atoms with Crippen molar-refractivity contribution in [3.63, 3.8) is 0 Å². The summed E-state index contributed by atoms with van der Waals surface area (Å²) in [5.41, 5.74) is 3.49. The van der Waals surface area contributed by atoms with E-state index in [0.29, 0.717) is 16.4 Å². The second kappa shape index (κ2) is 11.6. The summed E-state index contributed by atoms with van der Waals surface area (Å²) in [6.07, 6.45) is 6.75. The van der Waals surface area contributed by atoms with Crippen LogP contribution in [0.25, 0.3) is 10.8 Å². The second-order valence-electron chi connectivity index (χ2n) is 14.4. The van der Waals surface area contributed by atoms with Crippen molar-refractivity contribution in [3.8, 4) is 11.8 Å². The van der Waals surface area contributed by atoms with E-state index in [1.165, 1.54) is 0 Å². The fourth-order valence-electron chi connectivity index (χ4n) is 5.26. The number of nitrogens with zero attached hydrogens (tertiary/aromatic N) is 3. The third-order valence-electron chi connectivity index (χ3n) is 9.55. The van der Waals surface area contributed by atoms with Crippen molar-refractivity contribution in [2.24, 2.45) is 4.03 Å². The number of hydrogen-bond donors (Lipinski definition) is 3. The van der Waals surface area contributed by atoms with Crippen molar-refractivity contribution in [1.29, 1.82) is 0 Å². The quantitative estimate of drug-likeness (QED) is 0.145. The Morgan fingerprint density at radius 2 is 1.76 bits per heavy atom. The van der Waals surface area contributed by atoms with E-state index < -0.39 is 23.6 Å². The Balaban J connectivity index is 1.26. The van der Waals surface area contributed by atoms with Gasteiger partial charge in [0.15, 0.2) is 8.24 Å². The number of amides is 1. The standard InChI is InChI=1S/C36H42N6O2SSi/c1-35(2,3)46(6,7)42-45(44,41-27-9-8-10-27)28-15-13-26(14-16-28)39-33-22-29-25(23-38-33)19-20-37-31(29)18-12-24-11-17-30-32(21-24)40-34(43)36(30,4)5/h11,13-17,19-23,27H,8-10H2,1-7H3,(H,38,39)(H,40,43)(H,41,42,44). The minimum absolute atomic E-state index is 0.00873. The van der Waals surface area contributed by atoms with Crippen LogP contribution < -0.4 is 15.4 Å². The molecule has 1 atom stereocenters. The average Bonchev–Trinajstić information content (AvgIpc) is 3.20. The Bertz CT molecular complexity index is 2030. The number of nitrogens with one attached hydrogen (secondary N) is 3. The zero-order valence-electron chi connectivity index (χ0n) is 27.6. The summed E-state index contributed by atoms with van der Waals surface area (Å²) in [4.78, 5) is 22.2. The van der Waals surface area contributed by atoms with Crippen LogP contribution in [0.1, 0.15) is 70.7 Å². The Morgan fingerprint density at radius 3 is 2.43 bits per heavy atom. The molecule has 1 aliphatic carbocycles. The highest BCUT2D eigenvalue weighted by atomic mass is 32.2. The maximum Gasteiger partial charge on any atom is 0.234 e. The molecule has 0 spiro atoms. The zero-order valence-corrected chi connectivity index (χ0v) is 29.4. The molecule has 4 aromatic rings. The first-order chi connectivity index (χ1) is 21.6. The van der Waals surface area contributed by atoms with Gasteiger partial charge in [0.2, 0.25) is 5.91 Å². The van der Waals surface area contributed by atoms with Gasteiger partial charge in [0, 0.05) is 46.1 Å². The molecule has 1 saturated carbocycles. The minimum Gasteiger partial charge on any atom is -0.340 e. The first kappa shape index (κ1) is 31.9. The van der Waals surface area contributed by atoms with Crippen molar-refractivity contribution in [3.05, 3.63) is 83.8 Å². The molecule has 3 N–H and O–H groups in total. The first-order valence-corrected chi connectivity index (χ1v) is 20.3. The molecule has 10 heteroatoms. The van der Waals surface area contributed by atoms with Gasteiger partial charge in [0.25, 0.3) is 0 Å². The molecular formula is C36H42N6O2SSi. The Labute approximate surface area is 273 Å². The molecule has 1 unspecified atom stereocenters. The number of pyridine rings is 2. The van der Waals surface area contributed by atoms with E-state index in [1.807, 2.05) is 68.4 Å². The molecule has 0 saturated heterocycles. The summed E-state index contributed by atoms with van der Waals surface area (Å²) in [6, 6.07) is 17.6. The summed E-state index contributed by atoms with van der Waals surface area (Å²) in [6.45, 7) is 14.8. The number of aromatic nitrogens is 2. The van der Waals surface area contributed by atoms with Crippen LogP contribution in [0.3, 0.4) is 0 Å². The van der Waals surface area contributed by atoms with Gasteiger partial charge in [-0.05, 0) is 105 Å². The van der Waals surface area contributed by atoms with E-state index in [9.17, 15) is 9.00 Å². The number of hydrogen-bond acceptors (Lipinski definition) is 6. The summed E-state index contributed by atoms with van der Waals surface area (Å²) in [5, 5.41) is 8.14. The largest absolute Gasteiger partial charge is 0.340 e. The lowest BCUT2D eigenvalue weighted by molar-refractivity contribution is -0.119. The van der Waals surface area contributed by atoms with Crippen molar-refractivity contribution in [1.82, 2.24) is 14.7 Å². The topological polar surface area (TPSA) is 108 Å². The van der Waals surface area contributed by atoms with Crippen LogP contribution in [-0.4, -0.2) is 34.4 Å². The van der Waals surface area contributed by atoms with Gasteiger partial charge in [-0.25, -0.2) is 18.9 Å². The molecule has 0 bridgehead atoms. The molecule has 46 heavy (non-hydrogen) atoms. The molecule has 1 aliphatic heterocycles. The molecule has 1 amide bonds. The van der Waals surface area contributed by atoms with Gasteiger partial charge in [-0.2, -0.15) is 0 Å². The van der Waals surface area contributed by atoms with E-state index in [2.05, 4.69) is 71.0 Å². The van der Waals surface area contributed by atoms with Crippen molar-refractivity contribution >= 4 is 52.0 Å². The fraction of sp³-hybridized carbons (Fsp3) is 0.361. The van der Waals surface area contributed by atoms with Gasteiger partial charge in [-0.3, -0.25) is 8.82 Å². The van der Waals surface area contributed by atoms with Crippen LogP contribution in [0.5, 0.6) is 0 Å². The van der Waals surface area contributed by atoms with E-state index in [4.69, 9.17) is 4.03 Å². The zero-order chi connectivity index (χ0) is 32.9. The van der Waals surface area contributed by atoms with Crippen molar-refractivity contribution in [2.75, 3.05) is 10.6 Å².